The second-order valence-electron chi connectivity index (χ2n) is 5.15. The van der Waals surface area contributed by atoms with Crippen LogP contribution < -0.4 is 0 Å². The zero-order valence-electron chi connectivity index (χ0n) is 9.75. The highest BCUT2D eigenvalue weighted by Crippen LogP contribution is 2.65. The molecule has 2 fully saturated rings. The molecule has 0 atom stereocenters. The molecule has 1 aliphatic heterocycles. The van der Waals surface area contributed by atoms with E-state index >= 15 is 0 Å². The quantitative estimate of drug-likeness (QED) is 0.796. The summed E-state index contributed by atoms with van der Waals surface area (Å²) < 4.78 is 31.6. The third-order valence-electron chi connectivity index (χ3n) is 3.95. The van der Waals surface area contributed by atoms with Crippen LogP contribution in [-0.4, -0.2) is 34.1 Å². The van der Waals surface area contributed by atoms with E-state index in [0.717, 1.165) is 0 Å². The normalized spacial score (nSPS) is 26.3. The maximum atomic E-state index is 13.2. The van der Waals surface area contributed by atoms with Crippen LogP contribution in [0.3, 0.4) is 0 Å². The monoisotopic (exact) mass is 243 g/mol. The molecule has 6 heteroatoms. The lowest BCUT2D eigenvalue weighted by atomic mass is 9.93. The average molecular weight is 243 g/mol. The van der Waals surface area contributed by atoms with Gasteiger partial charge in [-0.3, -0.25) is 4.90 Å². The minimum atomic E-state index is -2.42. The molecule has 0 amide bonds. The Morgan fingerprint density at radius 3 is 2.41 bits per heavy atom. The van der Waals surface area contributed by atoms with E-state index in [9.17, 15) is 8.78 Å². The number of hydrogen-bond acceptors (Lipinski definition) is 4. The molecule has 4 nitrogen and oxygen atoms in total. The molecular weight excluding hydrogens is 228 g/mol. The number of likely N-dealkylation sites (tertiary alicyclic amines) is 1. The van der Waals surface area contributed by atoms with Crippen LogP contribution >= 0.6 is 0 Å². The first kappa shape index (κ1) is 11.1. The Morgan fingerprint density at radius 2 is 1.94 bits per heavy atom. The lowest BCUT2D eigenvalue weighted by Crippen LogP contribution is -2.36. The largest absolute Gasteiger partial charge is 0.424 e. The van der Waals surface area contributed by atoms with Crippen LogP contribution in [-0.2, 0) is 6.54 Å². The topological polar surface area (TPSA) is 42.2 Å². The van der Waals surface area contributed by atoms with Gasteiger partial charge in [-0.05, 0) is 25.9 Å². The fourth-order valence-corrected chi connectivity index (χ4v) is 2.66. The van der Waals surface area contributed by atoms with Crippen molar-refractivity contribution < 1.29 is 13.2 Å². The summed E-state index contributed by atoms with van der Waals surface area (Å²) in [5.74, 6) is -1.30. The maximum absolute atomic E-state index is 13.2. The predicted molar refractivity (Wildman–Crippen MR) is 55.5 cm³/mol. The van der Waals surface area contributed by atoms with Crippen molar-refractivity contribution in [2.75, 3.05) is 13.1 Å². The molecule has 0 aromatic carbocycles. The minimum Gasteiger partial charge on any atom is -0.424 e. The molecule has 1 saturated heterocycles. The van der Waals surface area contributed by atoms with E-state index in [4.69, 9.17) is 4.42 Å². The second-order valence-corrected chi connectivity index (χ2v) is 5.15. The summed E-state index contributed by atoms with van der Waals surface area (Å²) in [6, 6.07) is 0. The van der Waals surface area contributed by atoms with E-state index in [1.807, 2.05) is 0 Å². The van der Waals surface area contributed by atoms with Gasteiger partial charge in [-0.1, -0.05) is 0 Å². The van der Waals surface area contributed by atoms with Gasteiger partial charge in [0.25, 0.3) is 5.92 Å². The fraction of sp³-hybridized carbons (Fsp3) is 0.818. The highest BCUT2D eigenvalue weighted by molar-refractivity contribution is 5.11. The lowest BCUT2D eigenvalue weighted by Gasteiger charge is -2.31. The summed E-state index contributed by atoms with van der Waals surface area (Å²) in [5.41, 5.74) is -0.686. The van der Waals surface area contributed by atoms with Gasteiger partial charge >= 0.3 is 0 Å². The average Bonchev–Trinajstić information content (AvgIpc) is 2.59. The van der Waals surface area contributed by atoms with Gasteiger partial charge in [0.05, 0.1) is 6.54 Å². The van der Waals surface area contributed by atoms with Crippen molar-refractivity contribution in [2.45, 2.75) is 38.7 Å². The predicted octanol–water partition coefficient (Wildman–Crippen LogP) is 2.00. The first-order valence-electron chi connectivity index (χ1n) is 5.90. The first-order chi connectivity index (χ1) is 8.01. The third-order valence-corrected chi connectivity index (χ3v) is 3.95. The number of hydrogen-bond donors (Lipinski definition) is 0. The van der Waals surface area contributed by atoms with Crippen LogP contribution in [0.1, 0.15) is 31.0 Å². The van der Waals surface area contributed by atoms with Crippen molar-refractivity contribution in [1.29, 1.82) is 0 Å². The summed E-state index contributed by atoms with van der Waals surface area (Å²) in [6.45, 7) is 3.70. The summed E-state index contributed by atoms with van der Waals surface area (Å²) in [5, 5.41) is 7.67. The van der Waals surface area contributed by atoms with E-state index in [0.29, 0.717) is 44.3 Å². The van der Waals surface area contributed by atoms with Crippen molar-refractivity contribution >= 4 is 0 Å². The third kappa shape index (κ3) is 1.84. The first-order valence-corrected chi connectivity index (χ1v) is 5.90. The molecule has 1 aliphatic carbocycles. The van der Waals surface area contributed by atoms with Gasteiger partial charge in [0.2, 0.25) is 11.8 Å². The standard InChI is InChI=1S/C11H15F2N3O/c1-8-14-15-9(17-8)6-16-4-2-10(3-5-16)7-11(10,12)13/h2-7H2,1H3. The molecule has 2 aliphatic rings. The van der Waals surface area contributed by atoms with Crippen molar-refractivity contribution in [3.05, 3.63) is 11.8 Å². The molecule has 0 N–H and O–H groups in total. The Bertz CT molecular complexity index is 424. The molecule has 1 spiro atoms. The molecule has 1 saturated carbocycles. The summed E-state index contributed by atoms with van der Waals surface area (Å²) in [7, 11) is 0. The lowest BCUT2D eigenvalue weighted by molar-refractivity contribution is 0.0285. The number of piperidine rings is 1. The Hall–Kier alpha value is -1.04. The number of rotatable bonds is 2. The molecule has 0 radical (unpaired) electrons. The molecule has 2 heterocycles. The van der Waals surface area contributed by atoms with E-state index in [1.165, 1.54) is 0 Å². The van der Waals surface area contributed by atoms with Gasteiger partial charge in [0.15, 0.2) is 0 Å². The number of alkyl halides is 2. The molecule has 3 rings (SSSR count). The Labute approximate surface area is 98.0 Å². The zero-order chi connectivity index (χ0) is 12.1. The maximum Gasteiger partial charge on any atom is 0.254 e. The number of aromatic nitrogens is 2. The van der Waals surface area contributed by atoms with Crippen LogP contribution in [0.15, 0.2) is 4.42 Å². The molecule has 0 unspecified atom stereocenters. The summed E-state index contributed by atoms with van der Waals surface area (Å²) in [6.07, 6.45) is 1.23. The van der Waals surface area contributed by atoms with Gasteiger partial charge < -0.3 is 4.42 Å². The Balaban J connectivity index is 1.56. The fourth-order valence-electron chi connectivity index (χ4n) is 2.66. The van der Waals surface area contributed by atoms with Crippen molar-refractivity contribution in [1.82, 2.24) is 15.1 Å². The van der Waals surface area contributed by atoms with Gasteiger partial charge in [0, 0.05) is 18.8 Å². The molecule has 1 aromatic heterocycles. The summed E-state index contributed by atoms with van der Waals surface area (Å²) in [4.78, 5) is 2.10. The van der Waals surface area contributed by atoms with Crippen molar-refractivity contribution in [3.63, 3.8) is 0 Å². The van der Waals surface area contributed by atoms with Crippen LogP contribution in [0.5, 0.6) is 0 Å². The van der Waals surface area contributed by atoms with E-state index in [2.05, 4.69) is 15.1 Å². The van der Waals surface area contributed by atoms with E-state index in [1.54, 1.807) is 6.92 Å². The molecule has 17 heavy (non-hydrogen) atoms. The Kier molecular flexibility index (Phi) is 2.26. The summed E-state index contributed by atoms with van der Waals surface area (Å²) >= 11 is 0. The molecule has 1 aromatic rings. The van der Waals surface area contributed by atoms with Crippen LogP contribution in [0, 0.1) is 12.3 Å². The van der Waals surface area contributed by atoms with Gasteiger partial charge in [-0.15, -0.1) is 10.2 Å². The second kappa shape index (κ2) is 3.48. The molecular formula is C11H15F2N3O. The molecule has 0 bridgehead atoms. The van der Waals surface area contributed by atoms with Crippen LogP contribution in [0.4, 0.5) is 8.78 Å². The smallest absolute Gasteiger partial charge is 0.254 e. The van der Waals surface area contributed by atoms with E-state index < -0.39 is 11.3 Å². The highest BCUT2D eigenvalue weighted by Gasteiger charge is 2.70. The van der Waals surface area contributed by atoms with Crippen LogP contribution in [0.25, 0.3) is 0 Å². The van der Waals surface area contributed by atoms with Crippen molar-refractivity contribution in [2.24, 2.45) is 5.41 Å². The molecule has 94 valence electrons. The zero-order valence-corrected chi connectivity index (χ0v) is 9.75. The van der Waals surface area contributed by atoms with Gasteiger partial charge in [0.1, 0.15) is 0 Å². The van der Waals surface area contributed by atoms with Crippen molar-refractivity contribution in [3.8, 4) is 0 Å². The van der Waals surface area contributed by atoms with Gasteiger partial charge in [-0.25, -0.2) is 8.78 Å². The highest BCUT2D eigenvalue weighted by atomic mass is 19.3. The number of halogens is 2. The van der Waals surface area contributed by atoms with Crippen LogP contribution in [0.2, 0.25) is 0 Å². The minimum absolute atomic E-state index is 0.0769. The Morgan fingerprint density at radius 1 is 1.29 bits per heavy atom. The SMILES string of the molecule is Cc1nnc(CN2CCC3(CC2)CC3(F)F)o1. The number of nitrogens with zero attached hydrogens (tertiary/aromatic N) is 3. The van der Waals surface area contributed by atoms with E-state index in [-0.39, 0.29) is 6.42 Å². The van der Waals surface area contributed by atoms with Gasteiger partial charge in [-0.2, -0.15) is 0 Å². The number of aryl methyl sites for hydroxylation is 1.